The summed E-state index contributed by atoms with van der Waals surface area (Å²) in [6.45, 7) is 0. The maximum Gasteiger partial charge on any atom is 0.282 e. The Morgan fingerprint density at radius 2 is 1.42 bits per heavy atom. The highest BCUT2D eigenvalue weighted by Crippen LogP contribution is 2.37. The van der Waals surface area contributed by atoms with E-state index < -0.39 is 5.91 Å². The minimum absolute atomic E-state index is 0.309. The molecular weight excluding hydrogens is 392 g/mol. The molecule has 0 radical (unpaired) electrons. The van der Waals surface area contributed by atoms with Crippen molar-refractivity contribution in [3.05, 3.63) is 90.1 Å². The Hall–Kier alpha value is -4.06. The summed E-state index contributed by atoms with van der Waals surface area (Å²) >= 11 is 0. The molecule has 2 amide bonds. The quantitative estimate of drug-likeness (QED) is 0.568. The number of nitrogens with zero attached hydrogens (tertiary/aromatic N) is 2. The molecule has 1 heterocycles. The zero-order valence-electron chi connectivity index (χ0n) is 17.5. The number of imide groups is 1. The zero-order valence-corrected chi connectivity index (χ0v) is 17.5. The number of ether oxygens (including phenoxy) is 2. The monoisotopic (exact) mass is 414 g/mol. The Balaban J connectivity index is 1.86. The lowest BCUT2D eigenvalue weighted by molar-refractivity contribution is -0.120. The molecule has 0 saturated heterocycles. The molecule has 1 aliphatic rings. The first-order valence-corrected chi connectivity index (χ1v) is 9.75. The molecule has 4 rings (SSSR count). The van der Waals surface area contributed by atoms with Gasteiger partial charge in [0.1, 0.15) is 17.2 Å². The van der Waals surface area contributed by atoms with Gasteiger partial charge in [-0.25, -0.2) is 4.90 Å². The third kappa shape index (κ3) is 3.64. The van der Waals surface area contributed by atoms with Crippen LogP contribution in [0.5, 0.6) is 11.5 Å². The van der Waals surface area contributed by atoms with Crippen molar-refractivity contribution in [1.82, 2.24) is 0 Å². The van der Waals surface area contributed by atoms with Crippen LogP contribution in [-0.2, 0) is 9.59 Å². The highest BCUT2D eigenvalue weighted by atomic mass is 16.5. The summed E-state index contributed by atoms with van der Waals surface area (Å²) in [6.07, 6.45) is 0. The van der Waals surface area contributed by atoms with Gasteiger partial charge in [-0.1, -0.05) is 36.4 Å². The number of carbonyl (C=O) groups is 2. The molecule has 0 unspecified atom stereocenters. The number of para-hydroxylation sites is 1. The lowest BCUT2D eigenvalue weighted by Crippen LogP contribution is -2.34. The fourth-order valence-electron chi connectivity index (χ4n) is 3.61. The number of carbonyl (C=O) groups excluding carboxylic acids is 2. The number of hydrogen-bond donors (Lipinski definition) is 0. The number of rotatable bonds is 6. The van der Waals surface area contributed by atoms with E-state index in [1.807, 2.05) is 30.3 Å². The van der Waals surface area contributed by atoms with Gasteiger partial charge in [-0.05, 0) is 42.0 Å². The molecule has 3 aromatic carbocycles. The summed E-state index contributed by atoms with van der Waals surface area (Å²) in [5, 5.41) is 0. The molecule has 0 aliphatic carbocycles. The average Bonchev–Trinajstić information content (AvgIpc) is 3.09. The van der Waals surface area contributed by atoms with Crippen LogP contribution in [0.1, 0.15) is 5.56 Å². The van der Waals surface area contributed by atoms with Gasteiger partial charge in [-0.3, -0.25) is 9.59 Å². The van der Waals surface area contributed by atoms with Crippen LogP contribution >= 0.6 is 0 Å². The molecule has 3 aromatic rings. The van der Waals surface area contributed by atoms with Gasteiger partial charge < -0.3 is 14.4 Å². The lowest BCUT2D eigenvalue weighted by Gasteiger charge is -2.21. The van der Waals surface area contributed by atoms with Crippen LogP contribution in [0.25, 0.3) is 5.57 Å². The number of hydrogen-bond acceptors (Lipinski definition) is 5. The third-order valence-electron chi connectivity index (χ3n) is 5.23. The summed E-state index contributed by atoms with van der Waals surface area (Å²) in [6, 6.07) is 23.5. The summed E-state index contributed by atoms with van der Waals surface area (Å²) in [5.74, 6) is 0.453. The van der Waals surface area contributed by atoms with Crippen LogP contribution in [-0.4, -0.2) is 33.1 Å². The van der Waals surface area contributed by atoms with Crippen molar-refractivity contribution < 1.29 is 19.1 Å². The van der Waals surface area contributed by atoms with E-state index in [1.54, 1.807) is 74.7 Å². The van der Waals surface area contributed by atoms with E-state index in [0.29, 0.717) is 34.0 Å². The predicted molar refractivity (Wildman–Crippen MR) is 120 cm³/mol. The number of methoxy groups -OCH3 is 2. The minimum atomic E-state index is -0.393. The molecule has 6 heteroatoms. The van der Waals surface area contributed by atoms with Crippen LogP contribution in [0.3, 0.4) is 0 Å². The summed E-state index contributed by atoms with van der Waals surface area (Å²) in [4.78, 5) is 30.1. The first-order valence-electron chi connectivity index (χ1n) is 9.75. The van der Waals surface area contributed by atoms with E-state index in [1.165, 1.54) is 4.90 Å². The van der Waals surface area contributed by atoms with Gasteiger partial charge in [0.05, 0.1) is 25.5 Å². The van der Waals surface area contributed by atoms with Crippen LogP contribution < -0.4 is 19.3 Å². The van der Waals surface area contributed by atoms with Crippen molar-refractivity contribution in [3.63, 3.8) is 0 Å². The molecular formula is C25H22N2O4. The molecule has 6 nitrogen and oxygen atoms in total. The Morgan fingerprint density at radius 1 is 0.742 bits per heavy atom. The number of anilines is 2. The maximum absolute atomic E-state index is 13.6. The van der Waals surface area contributed by atoms with Crippen LogP contribution in [0, 0.1) is 0 Å². The van der Waals surface area contributed by atoms with Crippen LogP contribution in [0.2, 0.25) is 0 Å². The van der Waals surface area contributed by atoms with Crippen molar-refractivity contribution >= 4 is 28.8 Å². The predicted octanol–water partition coefficient (Wildman–Crippen LogP) is 4.12. The molecule has 0 N–H and O–H groups in total. The summed E-state index contributed by atoms with van der Waals surface area (Å²) < 4.78 is 10.5. The van der Waals surface area contributed by atoms with Crippen molar-refractivity contribution in [2.45, 2.75) is 0 Å². The van der Waals surface area contributed by atoms with Gasteiger partial charge in [-0.2, -0.15) is 0 Å². The number of amides is 2. The van der Waals surface area contributed by atoms with E-state index in [-0.39, 0.29) is 5.91 Å². The van der Waals surface area contributed by atoms with Gasteiger partial charge in [0.2, 0.25) is 0 Å². The largest absolute Gasteiger partial charge is 0.497 e. The highest BCUT2D eigenvalue weighted by Gasteiger charge is 2.42. The van der Waals surface area contributed by atoms with E-state index in [9.17, 15) is 9.59 Å². The third-order valence-corrected chi connectivity index (χ3v) is 5.23. The second kappa shape index (κ2) is 8.36. The Kier molecular flexibility index (Phi) is 5.45. The molecule has 31 heavy (non-hydrogen) atoms. The van der Waals surface area contributed by atoms with Gasteiger partial charge >= 0.3 is 0 Å². The molecule has 0 aromatic heterocycles. The van der Waals surface area contributed by atoms with Gasteiger partial charge in [-0.15, -0.1) is 0 Å². The molecule has 0 spiro atoms. The van der Waals surface area contributed by atoms with Crippen LogP contribution in [0.15, 0.2) is 84.6 Å². The SMILES string of the molecule is COc1ccc(C2=C(N(C)c3ccccc3)C(=O)N(c3cccc(OC)c3)C2=O)cc1. The second-order valence-corrected chi connectivity index (χ2v) is 6.99. The standard InChI is InChI=1S/C25H22N2O4/c1-26(18-8-5-4-6-9-18)23-22(17-12-14-20(30-2)15-13-17)24(28)27(25(23)29)19-10-7-11-21(16-19)31-3/h4-16H,1-3H3. The fraction of sp³-hybridized carbons (Fsp3) is 0.120. The Labute approximate surface area is 180 Å². The summed E-state index contributed by atoms with van der Waals surface area (Å²) in [5.41, 5.74) is 2.54. The number of likely N-dealkylation sites (N-methyl/N-ethyl adjacent to an activating group) is 1. The first kappa shape index (κ1) is 20.2. The van der Waals surface area contributed by atoms with Gasteiger partial charge in [0.15, 0.2) is 0 Å². The van der Waals surface area contributed by atoms with Crippen molar-refractivity contribution in [1.29, 1.82) is 0 Å². The highest BCUT2D eigenvalue weighted by molar-refractivity contribution is 6.46. The topological polar surface area (TPSA) is 59.1 Å². The van der Waals surface area contributed by atoms with E-state index in [0.717, 1.165) is 5.69 Å². The second-order valence-electron chi connectivity index (χ2n) is 6.99. The zero-order chi connectivity index (χ0) is 22.0. The average molecular weight is 414 g/mol. The van der Waals surface area contributed by atoms with Crippen LogP contribution in [0.4, 0.5) is 11.4 Å². The summed E-state index contributed by atoms with van der Waals surface area (Å²) in [7, 11) is 4.91. The van der Waals surface area contributed by atoms with Gasteiger partial charge in [0.25, 0.3) is 11.8 Å². The molecule has 1 aliphatic heterocycles. The van der Waals surface area contributed by atoms with Crippen molar-refractivity contribution in [2.24, 2.45) is 0 Å². The molecule has 0 atom stereocenters. The maximum atomic E-state index is 13.6. The molecule has 0 bridgehead atoms. The Morgan fingerprint density at radius 3 is 2.06 bits per heavy atom. The van der Waals surface area contributed by atoms with Crippen molar-refractivity contribution in [3.8, 4) is 11.5 Å². The first-order chi connectivity index (χ1) is 15.0. The fourth-order valence-corrected chi connectivity index (χ4v) is 3.61. The normalized spacial score (nSPS) is 13.6. The van der Waals surface area contributed by atoms with E-state index >= 15 is 0 Å². The molecule has 156 valence electrons. The Bertz CT molecular complexity index is 1150. The van der Waals surface area contributed by atoms with E-state index in [2.05, 4.69) is 0 Å². The smallest absolute Gasteiger partial charge is 0.282 e. The molecule has 0 fully saturated rings. The minimum Gasteiger partial charge on any atom is -0.497 e. The van der Waals surface area contributed by atoms with Crippen molar-refractivity contribution in [2.75, 3.05) is 31.1 Å². The number of benzene rings is 3. The molecule has 0 saturated carbocycles. The van der Waals surface area contributed by atoms with Gasteiger partial charge in [0, 0.05) is 18.8 Å². The lowest BCUT2D eigenvalue weighted by atomic mass is 10.0. The van der Waals surface area contributed by atoms with E-state index in [4.69, 9.17) is 9.47 Å².